The molecule has 0 bridgehead atoms. The van der Waals surface area contributed by atoms with Gasteiger partial charge in [-0.25, -0.2) is 0 Å². The van der Waals surface area contributed by atoms with Crippen LogP contribution in [0.15, 0.2) is 24.3 Å². The topological polar surface area (TPSA) is 69.6 Å². The third kappa shape index (κ3) is 4.91. The summed E-state index contributed by atoms with van der Waals surface area (Å²) in [6.07, 6.45) is 1.43. The lowest BCUT2D eigenvalue weighted by Crippen LogP contribution is -2.46. The van der Waals surface area contributed by atoms with Crippen molar-refractivity contribution in [3.63, 3.8) is 0 Å². The van der Waals surface area contributed by atoms with Gasteiger partial charge < -0.3 is 15.3 Å². The standard InChI is InChI=1S/C15H22N2O3/c1-4-6-14(16-11(2)18)15(20)17(3)10-12-7-5-8-13(19)9-12/h5,7-9,14,19H,4,6,10H2,1-3H3,(H,16,18)/t14-/m0/s1. The Morgan fingerprint density at radius 3 is 2.65 bits per heavy atom. The lowest BCUT2D eigenvalue weighted by Gasteiger charge is -2.24. The molecule has 5 nitrogen and oxygen atoms in total. The Balaban J connectivity index is 2.70. The van der Waals surface area contributed by atoms with Crippen molar-refractivity contribution in [3.05, 3.63) is 29.8 Å². The number of carbonyl (C=O) groups is 2. The van der Waals surface area contributed by atoms with E-state index in [1.165, 1.54) is 6.92 Å². The van der Waals surface area contributed by atoms with Gasteiger partial charge in [0, 0.05) is 20.5 Å². The zero-order chi connectivity index (χ0) is 15.1. The fraction of sp³-hybridized carbons (Fsp3) is 0.467. The van der Waals surface area contributed by atoms with E-state index in [9.17, 15) is 14.7 Å². The molecule has 1 atom stereocenters. The number of phenols is 1. The minimum atomic E-state index is -0.486. The van der Waals surface area contributed by atoms with E-state index in [1.807, 2.05) is 13.0 Å². The van der Waals surface area contributed by atoms with Crippen LogP contribution in [-0.2, 0) is 16.1 Å². The maximum absolute atomic E-state index is 12.3. The highest BCUT2D eigenvalue weighted by molar-refractivity contribution is 5.86. The van der Waals surface area contributed by atoms with Crippen molar-refractivity contribution >= 4 is 11.8 Å². The van der Waals surface area contributed by atoms with Crippen LogP contribution in [0.4, 0.5) is 0 Å². The van der Waals surface area contributed by atoms with E-state index in [0.29, 0.717) is 13.0 Å². The fourth-order valence-corrected chi connectivity index (χ4v) is 2.06. The van der Waals surface area contributed by atoms with E-state index in [2.05, 4.69) is 5.32 Å². The van der Waals surface area contributed by atoms with Crippen molar-refractivity contribution < 1.29 is 14.7 Å². The van der Waals surface area contributed by atoms with E-state index in [4.69, 9.17) is 0 Å². The Kier molecular flexibility index (Phi) is 6.03. The number of benzene rings is 1. The highest BCUT2D eigenvalue weighted by Crippen LogP contribution is 2.13. The molecule has 0 spiro atoms. The van der Waals surface area contributed by atoms with Crippen molar-refractivity contribution in [1.82, 2.24) is 10.2 Å². The SMILES string of the molecule is CCC[C@H](NC(C)=O)C(=O)N(C)Cc1cccc(O)c1. The summed E-state index contributed by atoms with van der Waals surface area (Å²) in [5, 5.41) is 12.1. The molecular formula is C15H22N2O3. The first-order valence-electron chi connectivity index (χ1n) is 6.74. The summed E-state index contributed by atoms with van der Waals surface area (Å²) in [6.45, 7) is 3.77. The second-order valence-corrected chi connectivity index (χ2v) is 4.91. The predicted molar refractivity (Wildman–Crippen MR) is 77.1 cm³/mol. The molecule has 0 radical (unpaired) electrons. The summed E-state index contributed by atoms with van der Waals surface area (Å²) >= 11 is 0. The normalized spacial score (nSPS) is 11.8. The number of phenolic OH excluding ortho intramolecular Hbond substituents is 1. The average Bonchev–Trinajstić information content (AvgIpc) is 2.36. The Morgan fingerprint density at radius 1 is 1.40 bits per heavy atom. The van der Waals surface area contributed by atoms with Crippen LogP contribution in [0.3, 0.4) is 0 Å². The van der Waals surface area contributed by atoms with Crippen LogP contribution in [0.1, 0.15) is 32.3 Å². The second-order valence-electron chi connectivity index (χ2n) is 4.91. The van der Waals surface area contributed by atoms with E-state index in [1.54, 1.807) is 30.1 Å². The number of rotatable bonds is 6. The molecule has 0 aliphatic heterocycles. The second kappa shape index (κ2) is 7.53. The molecule has 0 aliphatic carbocycles. The third-order valence-corrected chi connectivity index (χ3v) is 2.96. The molecule has 1 rings (SSSR count). The van der Waals surface area contributed by atoms with Crippen molar-refractivity contribution in [2.75, 3.05) is 7.05 Å². The molecule has 0 saturated heterocycles. The number of carbonyl (C=O) groups excluding carboxylic acids is 2. The highest BCUT2D eigenvalue weighted by Gasteiger charge is 2.22. The van der Waals surface area contributed by atoms with Crippen LogP contribution in [0.2, 0.25) is 0 Å². The van der Waals surface area contributed by atoms with Gasteiger partial charge in [-0.2, -0.15) is 0 Å². The van der Waals surface area contributed by atoms with Gasteiger partial charge in [0.1, 0.15) is 11.8 Å². The van der Waals surface area contributed by atoms with E-state index in [-0.39, 0.29) is 17.6 Å². The molecule has 2 N–H and O–H groups in total. The monoisotopic (exact) mass is 278 g/mol. The number of likely N-dealkylation sites (N-methyl/N-ethyl adjacent to an activating group) is 1. The maximum Gasteiger partial charge on any atom is 0.245 e. The van der Waals surface area contributed by atoms with Crippen LogP contribution in [0.5, 0.6) is 5.75 Å². The number of amides is 2. The van der Waals surface area contributed by atoms with Gasteiger partial charge in [0.2, 0.25) is 11.8 Å². The molecule has 20 heavy (non-hydrogen) atoms. The Labute approximate surface area is 119 Å². The van der Waals surface area contributed by atoms with Crippen LogP contribution in [0.25, 0.3) is 0 Å². The van der Waals surface area contributed by atoms with Crippen molar-refractivity contribution in [1.29, 1.82) is 0 Å². The maximum atomic E-state index is 12.3. The molecule has 2 amide bonds. The minimum Gasteiger partial charge on any atom is -0.508 e. The number of nitrogens with one attached hydrogen (secondary N) is 1. The van der Waals surface area contributed by atoms with Crippen LogP contribution >= 0.6 is 0 Å². The largest absolute Gasteiger partial charge is 0.508 e. The summed E-state index contributed by atoms with van der Waals surface area (Å²) in [7, 11) is 1.69. The molecule has 0 saturated carbocycles. The van der Waals surface area contributed by atoms with Gasteiger partial charge in [-0.3, -0.25) is 9.59 Å². The number of hydrogen-bond donors (Lipinski definition) is 2. The fourth-order valence-electron chi connectivity index (χ4n) is 2.06. The number of aromatic hydroxyl groups is 1. The molecule has 1 aromatic carbocycles. The lowest BCUT2D eigenvalue weighted by molar-refractivity contribution is -0.135. The zero-order valence-electron chi connectivity index (χ0n) is 12.2. The van der Waals surface area contributed by atoms with Gasteiger partial charge >= 0.3 is 0 Å². The molecule has 0 aromatic heterocycles. The smallest absolute Gasteiger partial charge is 0.245 e. The van der Waals surface area contributed by atoms with Gasteiger partial charge in [-0.15, -0.1) is 0 Å². The number of nitrogens with zero attached hydrogens (tertiary/aromatic N) is 1. The van der Waals surface area contributed by atoms with Crippen molar-refractivity contribution in [2.45, 2.75) is 39.3 Å². The highest BCUT2D eigenvalue weighted by atomic mass is 16.3. The van der Waals surface area contributed by atoms with Gasteiger partial charge in [-0.05, 0) is 24.1 Å². The molecule has 1 aromatic rings. The summed E-state index contributed by atoms with van der Waals surface area (Å²) in [6, 6.07) is 6.30. The molecular weight excluding hydrogens is 256 g/mol. The van der Waals surface area contributed by atoms with Gasteiger partial charge in [0.15, 0.2) is 0 Å². The lowest BCUT2D eigenvalue weighted by atomic mass is 10.1. The zero-order valence-corrected chi connectivity index (χ0v) is 12.2. The van der Waals surface area contributed by atoms with Gasteiger partial charge in [0.25, 0.3) is 0 Å². The Hall–Kier alpha value is -2.04. The van der Waals surface area contributed by atoms with Crippen LogP contribution < -0.4 is 5.32 Å². The molecule has 5 heteroatoms. The van der Waals surface area contributed by atoms with Crippen molar-refractivity contribution in [2.24, 2.45) is 0 Å². The average molecular weight is 278 g/mol. The summed E-state index contributed by atoms with van der Waals surface area (Å²) in [5.41, 5.74) is 0.846. The molecule has 0 fully saturated rings. The summed E-state index contributed by atoms with van der Waals surface area (Å²) in [4.78, 5) is 25.0. The first kappa shape index (κ1) is 16.0. The van der Waals surface area contributed by atoms with E-state index in [0.717, 1.165) is 12.0 Å². The Morgan fingerprint density at radius 2 is 2.10 bits per heavy atom. The van der Waals surface area contributed by atoms with E-state index < -0.39 is 6.04 Å². The number of hydrogen-bond acceptors (Lipinski definition) is 3. The van der Waals surface area contributed by atoms with Crippen LogP contribution in [0, 0.1) is 0 Å². The molecule has 0 unspecified atom stereocenters. The van der Waals surface area contributed by atoms with Gasteiger partial charge in [-0.1, -0.05) is 25.5 Å². The minimum absolute atomic E-state index is 0.120. The first-order valence-corrected chi connectivity index (χ1v) is 6.74. The Bertz CT molecular complexity index is 474. The predicted octanol–water partition coefficient (Wildman–Crippen LogP) is 1.66. The molecule has 0 aliphatic rings. The molecule has 0 heterocycles. The third-order valence-electron chi connectivity index (χ3n) is 2.96. The first-order chi connectivity index (χ1) is 9.43. The summed E-state index contributed by atoms with van der Waals surface area (Å²) in [5.74, 6) is -0.150. The van der Waals surface area contributed by atoms with Crippen molar-refractivity contribution in [3.8, 4) is 5.75 Å². The quantitative estimate of drug-likeness (QED) is 0.831. The van der Waals surface area contributed by atoms with Crippen LogP contribution in [-0.4, -0.2) is 34.9 Å². The van der Waals surface area contributed by atoms with E-state index >= 15 is 0 Å². The molecule has 110 valence electrons. The summed E-state index contributed by atoms with van der Waals surface area (Å²) < 4.78 is 0. The van der Waals surface area contributed by atoms with Gasteiger partial charge in [0.05, 0.1) is 0 Å².